The quantitative estimate of drug-likeness (QED) is 0.375. The van der Waals surface area contributed by atoms with Gasteiger partial charge in [-0.25, -0.2) is 0 Å². The van der Waals surface area contributed by atoms with E-state index in [1.54, 1.807) is 115 Å². The summed E-state index contributed by atoms with van der Waals surface area (Å²) in [4.78, 5) is 0. The van der Waals surface area contributed by atoms with E-state index in [0.717, 1.165) is 0 Å². The number of rotatable bonds is 7. The van der Waals surface area contributed by atoms with Crippen molar-refractivity contribution in [1.29, 1.82) is 0 Å². The molecule has 4 aliphatic carbocycles. The zero-order chi connectivity index (χ0) is 18.2. The van der Waals surface area contributed by atoms with Gasteiger partial charge in [-0.05, 0) is 86.3 Å². The first kappa shape index (κ1) is 21.7. The standard InChI is InChI=1S/C22H40P2.B2H4/c1-2-10-19(9-1)23(20-11-3-4-12-20)17-18-24(21-13-5-6-14-21)22-15-7-8-16-22;1-2/h19-22H,1-18H2;1-2H2. The molecule has 0 nitrogen and oxygen atoms in total. The van der Waals surface area contributed by atoms with Gasteiger partial charge in [-0.3, -0.25) is 0 Å². The smallest absolute Gasteiger partial charge is 0.0643 e. The minimum atomic E-state index is 0.392. The maximum atomic E-state index is 2.00. The molecule has 0 aliphatic heterocycles. The molecule has 0 aromatic rings. The fourth-order valence-electron chi connectivity index (χ4n) is 6.50. The summed E-state index contributed by atoms with van der Waals surface area (Å²) in [6, 6.07) is 0. The van der Waals surface area contributed by atoms with Crippen molar-refractivity contribution in [3.8, 4) is 0 Å². The van der Waals surface area contributed by atoms with Gasteiger partial charge in [0, 0.05) is 0 Å². The van der Waals surface area contributed by atoms with Crippen molar-refractivity contribution in [3.05, 3.63) is 0 Å². The monoisotopic (exact) mass is 392 g/mol. The molecule has 0 saturated heterocycles. The van der Waals surface area contributed by atoms with E-state index in [4.69, 9.17) is 0 Å². The van der Waals surface area contributed by atoms with E-state index in [0.29, 0.717) is 15.8 Å². The fraction of sp³-hybridized carbons (Fsp3) is 1.00. The highest BCUT2D eigenvalue weighted by Crippen LogP contribution is 2.62. The van der Waals surface area contributed by atoms with Gasteiger partial charge in [0.15, 0.2) is 0 Å². The molecule has 0 bridgehead atoms. The summed E-state index contributed by atoms with van der Waals surface area (Å²) in [6.45, 7) is 0. The van der Waals surface area contributed by atoms with Gasteiger partial charge in [0.1, 0.15) is 0 Å². The molecule has 0 aromatic carbocycles. The summed E-state index contributed by atoms with van der Waals surface area (Å²) in [5.41, 5.74) is 4.80. The number of hydrogen-bond acceptors (Lipinski definition) is 0. The van der Waals surface area contributed by atoms with E-state index in [1.807, 2.05) is 15.5 Å². The molecule has 26 heavy (non-hydrogen) atoms. The van der Waals surface area contributed by atoms with Gasteiger partial charge in [0.2, 0.25) is 0 Å². The zero-order valence-electron chi connectivity index (χ0n) is 17.9. The molecule has 4 fully saturated rings. The van der Waals surface area contributed by atoms with Gasteiger partial charge in [-0.15, -0.1) is 0 Å². The summed E-state index contributed by atoms with van der Waals surface area (Å²) >= 11 is 0. The maximum absolute atomic E-state index is 2.00. The van der Waals surface area contributed by atoms with E-state index in [-0.39, 0.29) is 0 Å². The van der Waals surface area contributed by atoms with Crippen LogP contribution >= 0.6 is 15.8 Å². The summed E-state index contributed by atoms with van der Waals surface area (Å²) in [5.74, 6) is 0. The van der Waals surface area contributed by atoms with Crippen LogP contribution < -0.4 is 0 Å². The van der Waals surface area contributed by atoms with Crippen LogP contribution in [-0.2, 0) is 0 Å². The molecule has 0 heterocycles. The van der Waals surface area contributed by atoms with E-state index in [9.17, 15) is 0 Å². The largest absolute Gasteiger partial charge is 0.1000 e. The average molecular weight is 392 g/mol. The molecular formula is C22H44B2P2. The first-order valence-electron chi connectivity index (χ1n) is 12.4. The lowest BCUT2D eigenvalue weighted by Gasteiger charge is -2.35. The van der Waals surface area contributed by atoms with Gasteiger partial charge in [0.25, 0.3) is 0 Å². The summed E-state index contributed by atoms with van der Waals surface area (Å²) in [6.07, 6.45) is 28.9. The number of hydrogen-bond donors (Lipinski definition) is 0. The van der Waals surface area contributed by atoms with Crippen LogP contribution in [0.5, 0.6) is 0 Å². The predicted molar refractivity (Wildman–Crippen MR) is 130 cm³/mol. The van der Waals surface area contributed by atoms with Crippen LogP contribution in [0, 0.1) is 0 Å². The van der Waals surface area contributed by atoms with E-state index < -0.39 is 0 Å². The van der Waals surface area contributed by atoms with Crippen molar-refractivity contribution in [2.24, 2.45) is 0 Å². The molecule has 0 atom stereocenters. The van der Waals surface area contributed by atoms with Crippen LogP contribution in [0.15, 0.2) is 0 Å². The van der Waals surface area contributed by atoms with Gasteiger partial charge >= 0.3 is 0 Å². The third-order valence-corrected chi connectivity index (χ3v) is 15.4. The van der Waals surface area contributed by atoms with Crippen LogP contribution in [0.25, 0.3) is 0 Å². The Morgan fingerprint density at radius 2 is 0.615 bits per heavy atom. The fourth-order valence-corrected chi connectivity index (χ4v) is 15.1. The van der Waals surface area contributed by atoms with Crippen molar-refractivity contribution >= 4 is 31.3 Å². The van der Waals surface area contributed by atoms with Crippen molar-refractivity contribution in [2.75, 3.05) is 12.3 Å². The van der Waals surface area contributed by atoms with Crippen molar-refractivity contribution in [1.82, 2.24) is 0 Å². The lowest BCUT2D eigenvalue weighted by molar-refractivity contribution is 0.816. The Hall–Kier alpha value is 0.990. The molecule has 0 aromatic heterocycles. The topological polar surface area (TPSA) is 0 Å². The third kappa shape index (κ3) is 5.76. The normalized spacial score (nSPS) is 26.2. The Kier molecular flexibility index (Phi) is 9.90. The van der Waals surface area contributed by atoms with Crippen molar-refractivity contribution < 1.29 is 0 Å². The lowest BCUT2D eigenvalue weighted by atomic mass is 9.81. The second-order valence-electron chi connectivity index (χ2n) is 9.23. The van der Waals surface area contributed by atoms with Crippen LogP contribution in [0.3, 0.4) is 0 Å². The van der Waals surface area contributed by atoms with Crippen LogP contribution in [-0.4, -0.2) is 50.4 Å². The molecule has 0 unspecified atom stereocenters. The van der Waals surface area contributed by atoms with Crippen LogP contribution in [0.1, 0.15) is 103 Å². The Bertz CT molecular complexity index is 300. The summed E-state index contributed by atoms with van der Waals surface area (Å²) < 4.78 is 0. The van der Waals surface area contributed by atoms with E-state index >= 15 is 0 Å². The highest BCUT2D eigenvalue weighted by molar-refractivity contribution is 7.63. The predicted octanol–water partition coefficient (Wildman–Crippen LogP) is 5.89. The Labute approximate surface area is 169 Å². The summed E-state index contributed by atoms with van der Waals surface area (Å²) in [5, 5.41) is 0. The lowest BCUT2D eigenvalue weighted by Crippen LogP contribution is -2.18. The maximum Gasteiger partial charge on any atom is 0.0643 e. The molecule has 4 saturated carbocycles. The summed E-state index contributed by atoms with van der Waals surface area (Å²) in [7, 11) is 4.78. The SMILES string of the molecule is BB.C1CCC(P(CCP(C2CCCC2)C2CCCC2)C2CCCC2)C1. The van der Waals surface area contributed by atoms with Gasteiger partial charge < -0.3 is 0 Å². The molecule has 0 spiro atoms. The van der Waals surface area contributed by atoms with Gasteiger partial charge in [-0.2, -0.15) is 0 Å². The molecular weight excluding hydrogens is 348 g/mol. The molecule has 148 valence electrons. The second kappa shape index (κ2) is 11.9. The molecule has 0 amide bonds. The molecule has 4 heteroatoms. The molecule has 4 aliphatic rings. The molecule has 0 N–H and O–H groups in total. The third-order valence-electron chi connectivity index (χ3n) is 7.79. The van der Waals surface area contributed by atoms with E-state index in [2.05, 4.69) is 0 Å². The molecule has 0 radical (unpaired) electrons. The minimum absolute atomic E-state index is 0.392. The minimum Gasteiger partial charge on any atom is -0.1000 e. The van der Waals surface area contributed by atoms with Crippen molar-refractivity contribution in [2.45, 2.75) is 125 Å². The van der Waals surface area contributed by atoms with E-state index in [1.165, 1.54) is 22.6 Å². The first-order chi connectivity index (χ1) is 12.9. The average Bonchev–Trinajstić information content (AvgIpc) is 3.49. The second-order valence-corrected chi connectivity index (χ2v) is 15.1. The van der Waals surface area contributed by atoms with Crippen LogP contribution in [0.2, 0.25) is 0 Å². The van der Waals surface area contributed by atoms with Crippen LogP contribution in [0.4, 0.5) is 0 Å². The molecule has 4 rings (SSSR count). The Morgan fingerprint density at radius 3 is 0.808 bits per heavy atom. The highest BCUT2D eigenvalue weighted by Gasteiger charge is 2.36. The zero-order valence-corrected chi connectivity index (χ0v) is 19.7. The highest BCUT2D eigenvalue weighted by atomic mass is 31.1. The first-order valence-corrected chi connectivity index (χ1v) is 15.8. The van der Waals surface area contributed by atoms with Gasteiger partial charge in [0.05, 0.1) is 15.5 Å². The van der Waals surface area contributed by atoms with Crippen molar-refractivity contribution in [3.63, 3.8) is 0 Å². The Balaban J connectivity index is 0.000000948. The Morgan fingerprint density at radius 1 is 0.423 bits per heavy atom. The van der Waals surface area contributed by atoms with Gasteiger partial charge in [-0.1, -0.05) is 67.2 Å².